The van der Waals surface area contributed by atoms with Gasteiger partial charge in [-0.1, -0.05) is 24.3 Å². The molecule has 3 aliphatic rings. The molecular formula is C24H26FN5O4. The zero-order valence-corrected chi connectivity index (χ0v) is 18.9. The van der Waals surface area contributed by atoms with Gasteiger partial charge in [0.2, 0.25) is 0 Å². The number of hydrogen-bond donors (Lipinski definition) is 1. The highest BCUT2D eigenvalue weighted by Crippen LogP contribution is 2.44. The van der Waals surface area contributed by atoms with Crippen LogP contribution in [0.5, 0.6) is 0 Å². The van der Waals surface area contributed by atoms with Crippen LogP contribution in [0.25, 0.3) is 17.2 Å². The van der Waals surface area contributed by atoms with Gasteiger partial charge in [0.15, 0.2) is 17.7 Å². The van der Waals surface area contributed by atoms with Gasteiger partial charge in [-0.2, -0.15) is 0 Å². The molecule has 0 radical (unpaired) electrons. The molecule has 0 bridgehead atoms. The van der Waals surface area contributed by atoms with E-state index >= 15 is 0 Å². The maximum atomic E-state index is 13.3. The van der Waals surface area contributed by atoms with Crippen molar-refractivity contribution in [3.63, 3.8) is 0 Å². The lowest BCUT2D eigenvalue weighted by molar-refractivity contribution is -0.191. The van der Waals surface area contributed by atoms with Crippen LogP contribution in [0.2, 0.25) is 0 Å². The minimum atomic E-state index is -0.764. The van der Waals surface area contributed by atoms with Crippen molar-refractivity contribution in [1.82, 2.24) is 19.5 Å². The molecule has 6 rings (SSSR count). The van der Waals surface area contributed by atoms with Gasteiger partial charge in [0.25, 0.3) is 0 Å². The fraction of sp³-hybridized carbons (Fsp3) is 0.458. The first kappa shape index (κ1) is 21.8. The highest BCUT2D eigenvalue weighted by atomic mass is 19.1. The largest absolute Gasteiger partial charge is 0.370 e. The maximum Gasteiger partial charge on any atom is 0.166 e. The number of nitrogens with two attached hydrogens (primary N) is 1. The summed E-state index contributed by atoms with van der Waals surface area (Å²) in [5.74, 6) is -1.04. The van der Waals surface area contributed by atoms with Crippen molar-refractivity contribution in [2.75, 3.05) is 6.61 Å². The van der Waals surface area contributed by atoms with Crippen LogP contribution in [-0.2, 0) is 18.9 Å². The van der Waals surface area contributed by atoms with Crippen molar-refractivity contribution < 1.29 is 23.3 Å². The average molecular weight is 468 g/mol. The van der Waals surface area contributed by atoms with Crippen molar-refractivity contribution in [3.05, 3.63) is 60.1 Å². The average Bonchev–Trinajstić information content (AvgIpc) is 3.56. The molecule has 1 aromatic carbocycles. The van der Waals surface area contributed by atoms with E-state index < -0.39 is 12.0 Å². The van der Waals surface area contributed by atoms with Crippen LogP contribution in [0, 0.1) is 5.82 Å². The lowest BCUT2D eigenvalue weighted by Gasteiger charge is -2.24. The minimum absolute atomic E-state index is 0.135. The fourth-order valence-corrected chi connectivity index (χ4v) is 4.92. The molecule has 3 fully saturated rings. The Bertz CT molecular complexity index is 1230. The molecule has 34 heavy (non-hydrogen) atoms. The standard InChI is InChI=1S/C24H26FN5O4/c1-24(2)33-20-16(8-5-13-3-6-14(25)7-4-13)32-23(21(20)34-24)30-12-29-18-17(27-11-28-22(18)30)19-15(26)9-10-31-19/h3-8,11-12,15-16,19-21,23H,9-10,26H2,1-2H3/t15?,16-,19?,20-,21-,23-/m1/s1. The Morgan fingerprint density at radius 2 is 1.91 bits per heavy atom. The van der Waals surface area contributed by atoms with E-state index in [9.17, 15) is 4.39 Å². The number of hydrogen-bond acceptors (Lipinski definition) is 8. The molecule has 0 aliphatic carbocycles. The van der Waals surface area contributed by atoms with E-state index in [-0.39, 0.29) is 36.3 Å². The van der Waals surface area contributed by atoms with Gasteiger partial charge in [0.05, 0.1) is 6.33 Å². The molecule has 9 nitrogen and oxygen atoms in total. The van der Waals surface area contributed by atoms with E-state index in [2.05, 4.69) is 15.0 Å². The smallest absolute Gasteiger partial charge is 0.166 e. The van der Waals surface area contributed by atoms with Crippen LogP contribution >= 0.6 is 0 Å². The molecular weight excluding hydrogens is 441 g/mol. The van der Waals surface area contributed by atoms with Gasteiger partial charge in [-0.05, 0) is 38.0 Å². The Morgan fingerprint density at radius 1 is 1.12 bits per heavy atom. The van der Waals surface area contributed by atoms with Gasteiger partial charge in [0.1, 0.15) is 47.8 Å². The van der Waals surface area contributed by atoms with Crippen LogP contribution in [0.1, 0.15) is 43.9 Å². The number of ether oxygens (including phenoxy) is 4. The summed E-state index contributed by atoms with van der Waals surface area (Å²) in [7, 11) is 0. The topological polar surface area (TPSA) is 107 Å². The fourth-order valence-electron chi connectivity index (χ4n) is 4.92. The molecule has 2 N–H and O–H groups in total. The predicted octanol–water partition coefficient (Wildman–Crippen LogP) is 2.89. The zero-order chi connectivity index (χ0) is 23.4. The minimum Gasteiger partial charge on any atom is -0.370 e. The van der Waals surface area contributed by atoms with Crippen LogP contribution < -0.4 is 5.73 Å². The molecule has 6 atom stereocenters. The molecule has 10 heteroatoms. The Kier molecular flexibility index (Phi) is 5.23. The number of halogens is 1. The van der Waals surface area contributed by atoms with Gasteiger partial charge < -0.3 is 24.7 Å². The predicted molar refractivity (Wildman–Crippen MR) is 120 cm³/mol. The third-order valence-corrected chi connectivity index (χ3v) is 6.48. The number of imidazole rings is 1. The summed E-state index contributed by atoms with van der Waals surface area (Å²) in [5, 5.41) is 0. The van der Waals surface area contributed by atoms with E-state index in [0.29, 0.717) is 23.5 Å². The molecule has 2 aromatic heterocycles. The molecule has 0 spiro atoms. The second-order valence-electron chi connectivity index (χ2n) is 9.29. The summed E-state index contributed by atoms with van der Waals surface area (Å²) in [6.45, 7) is 4.36. The first-order valence-corrected chi connectivity index (χ1v) is 11.4. The van der Waals surface area contributed by atoms with Crippen molar-refractivity contribution >= 4 is 17.2 Å². The van der Waals surface area contributed by atoms with Crippen LogP contribution in [-0.4, -0.2) is 56.3 Å². The zero-order valence-electron chi connectivity index (χ0n) is 18.9. The van der Waals surface area contributed by atoms with Gasteiger partial charge in [0, 0.05) is 12.6 Å². The van der Waals surface area contributed by atoms with E-state index in [1.54, 1.807) is 18.5 Å². The summed E-state index contributed by atoms with van der Waals surface area (Å²) in [4.78, 5) is 13.5. The summed E-state index contributed by atoms with van der Waals surface area (Å²) in [6, 6.07) is 6.14. The number of nitrogens with zero attached hydrogens (tertiary/aromatic N) is 4. The first-order valence-electron chi connectivity index (χ1n) is 11.4. The van der Waals surface area contributed by atoms with Crippen molar-refractivity contribution in [2.45, 2.75) is 62.7 Å². The van der Waals surface area contributed by atoms with E-state index in [1.165, 1.54) is 18.5 Å². The van der Waals surface area contributed by atoms with Gasteiger partial charge >= 0.3 is 0 Å². The number of benzene rings is 1. The molecule has 5 heterocycles. The Balaban J connectivity index is 1.34. The van der Waals surface area contributed by atoms with Gasteiger partial charge in [-0.15, -0.1) is 0 Å². The second kappa shape index (κ2) is 8.17. The Hall–Kier alpha value is -2.76. The number of fused-ring (bicyclic) bond motifs is 2. The maximum absolute atomic E-state index is 13.3. The molecule has 3 aromatic rings. The summed E-state index contributed by atoms with van der Waals surface area (Å²) < 4.78 is 39.8. The van der Waals surface area contributed by atoms with Crippen molar-refractivity contribution in [3.8, 4) is 0 Å². The van der Waals surface area contributed by atoms with E-state index in [1.807, 2.05) is 30.6 Å². The van der Waals surface area contributed by atoms with Gasteiger partial charge in [-0.3, -0.25) is 4.57 Å². The normalized spacial score (nSPS) is 32.7. The van der Waals surface area contributed by atoms with E-state index in [4.69, 9.17) is 24.7 Å². The summed E-state index contributed by atoms with van der Waals surface area (Å²) >= 11 is 0. The molecule has 0 amide bonds. The number of rotatable bonds is 4. The van der Waals surface area contributed by atoms with Crippen molar-refractivity contribution in [2.24, 2.45) is 5.73 Å². The lowest BCUT2D eigenvalue weighted by Crippen LogP contribution is -2.28. The SMILES string of the molecule is CC1(C)O[C@@H]2[C@H](O1)[C@@H](C=Cc1ccc(F)cc1)O[C@H]2n1cnc2c(C3OCCC3N)ncnc21. The Labute approximate surface area is 195 Å². The first-order chi connectivity index (χ1) is 16.4. The third-order valence-electron chi connectivity index (χ3n) is 6.48. The van der Waals surface area contributed by atoms with Crippen LogP contribution in [0.15, 0.2) is 43.0 Å². The molecule has 2 unspecified atom stereocenters. The third kappa shape index (κ3) is 3.71. The second-order valence-corrected chi connectivity index (χ2v) is 9.29. The highest BCUT2D eigenvalue weighted by Gasteiger charge is 2.55. The highest BCUT2D eigenvalue weighted by molar-refractivity contribution is 5.74. The lowest BCUT2D eigenvalue weighted by atomic mass is 10.1. The van der Waals surface area contributed by atoms with E-state index in [0.717, 1.165) is 12.0 Å². The Morgan fingerprint density at radius 3 is 2.68 bits per heavy atom. The van der Waals surface area contributed by atoms with Crippen LogP contribution in [0.4, 0.5) is 4.39 Å². The summed E-state index contributed by atoms with van der Waals surface area (Å²) in [6.07, 6.45) is 5.85. The molecule has 3 aliphatic heterocycles. The molecule has 178 valence electrons. The van der Waals surface area contributed by atoms with Gasteiger partial charge in [-0.25, -0.2) is 19.3 Å². The van der Waals surface area contributed by atoms with Crippen molar-refractivity contribution in [1.29, 1.82) is 0 Å². The number of aromatic nitrogens is 4. The van der Waals surface area contributed by atoms with Crippen LogP contribution in [0.3, 0.4) is 0 Å². The summed E-state index contributed by atoms with van der Waals surface area (Å²) in [5.41, 5.74) is 9.02. The molecule has 3 saturated heterocycles. The molecule has 0 saturated carbocycles. The quantitative estimate of drug-likeness (QED) is 0.624. The monoisotopic (exact) mass is 467 g/mol.